The minimum Gasteiger partial charge on any atom is -0.350 e. The number of para-hydroxylation sites is 1. The van der Waals surface area contributed by atoms with Gasteiger partial charge in [0.15, 0.2) is 0 Å². The molecular formula is C24H24ClN3O3. The molecule has 31 heavy (non-hydrogen) atoms. The highest BCUT2D eigenvalue weighted by molar-refractivity contribution is 6.53. The Kier molecular flexibility index (Phi) is 6.37. The molecule has 160 valence electrons. The summed E-state index contributed by atoms with van der Waals surface area (Å²) in [5, 5.41) is 5.87. The second-order valence-electron chi connectivity index (χ2n) is 7.84. The highest BCUT2D eigenvalue weighted by atomic mass is 35.5. The first kappa shape index (κ1) is 21.1. The van der Waals surface area contributed by atoms with Crippen LogP contribution in [0.5, 0.6) is 0 Å². The molecule has 0 atom stereocenters. The van der Waals surface area contributed by atoms with E-state index in [2.05, 4.69) is 10.6 Å². The topological polar surface area (TPSA) is 78.5 Å². The fourth-order valence-corrected chi connectivity index (χ4v) is 4.21. The number of nitrogens with one attached hydrogen (secondary N) is 2. The largest absolute Gasteiger partial charge is 0.350 e. The Morgan fingerprint density at radius 1 is 0.903 bits per heavy atom. The summed E-state index contributed by atoms with van der Waals surface area (Å²) in [7, 11) is 0. The maximum absolute atomic E-state index is 12.9. The van der Waals surface area contributed by atoms with Gasteiger partial charge in [0.05, 0.1) is 5.69 Å². The summed E-state index contributed by atoms with van der Waals surface area (Å²) in [6.07, 6.45) is 6.69. The summed E-state index contributed by atoms with van der Waals surface area (Å²) in [5.41, 5.74) is 1.45. The Labute approximate surface area is 186 Å². The molecule has 1 saturated carbocycles. The first-order chi connectivity index (χ1) is 15.0. The van der Waals surface area contributed by atoms with E-state index in [0.29, 0.717) is 16.9 Å². The van der Waals surface area contributed by atoms with Crippen molar-refractivity contribution in [3.05, 3.63) is 70.9 Å². The van der Waals surface area contributed by atoms with Crippen molar-refractivity contribution in [3.63, 3.8) is 0 Å². The number of anilines is 2. The van der Waals surface area contributed by atoms with Crippen LogP contribution in [0.1, 0.15) is 48.9 Å². The lowest BCUT2D eigenvalue weighted by molar-refractivity contribution is -0.120. The van der Waals surface area contributed by atoms with E-state index < -0.39 is 11.8 Å². The average Bonchev–Trinajstić information content (AvgIpc) is 2.97. The number of halogens is 1. The van der Waals surface area contributed by atoms with Gasteiger partial charge in [-0.1, -0.05) is 61.5 Å². The molecule has 7 heteroatoms. The first-order valence-electron chi connectivity index (χ1n) is 10.6. The van der Waals surface area contributed by atoms with Crippen LogP contribution in [0.15, 0.2) is 65.3 Å². The smallest absolute Gasteiger partial charge is 0.283 e. The van der Waals surface area contributed by atoms with E-state index in [1.54, 1.807) is 54.6 Å². The number of carbonyl (C=O) groups is 3. The fraction of sp³-hybridized carbons (Fsp3) is 0.292. The first-order valence-corrected chi connectivity index (χ1v) is 10.9. The minimum absolute atomic E-state index is 0.00292. The number of benzene rings is 2. The molecule has 2 N–H and O–H groups in total. The van der Waals surface area contributed by atoms with Gasteiger partial charge in [0, 0.05) is 17.3 Å². The Morgan fingerprint density at radius 3 is 2.32 bits per heavy atom. The lowest BCUT2D eigenvalue weighted by atomic mass is 10.1. The predicted molar refractivity (Wildman–Crippen MR) is 121 cm³/mol. The van der Waals surface area contributed by atoms with Gasteiger partial charge in [0.1, 0.15) is 10.7 Å². The van der Waals surface area contributed by atoms with Gasteiger partial charge in [-0.05, 0) is 43.2 Å². The summed E-state index contributed by atoms with van der Waals surface area (Å²) >= 11 is 6.19. The Hall–Kier alpha value is -3.12. The van der Waals surface area contributed by atoms with Crippen LogP contribution >= 0.6 is 11.6 Å². The van der Waals surface area contributed by atoms with Gasteiger partial charge in [-0.15, -0.1) is 0 Å². The van der Waals surface area contributed by atoms with Crippen LogP contribution in [0.4, 0.5) is 11.4 Å². The van der Waals surface area contributed by atoms with E-state index in [-0.39, 0.29) is 22.7 Å². The van der Waals surface area contributed by atoms with Crippen LogP contribution in [0.3, 0.4) is 0 Å². The molecular weight excluding hydrogens is 414 g/mol. The molecule has 1 aliphatic carbocycles. The monoisotopic (exact) mass is 437 g/mol. The minimum atomic E-state index is -0.581. The standard InChI is InChI=1S/C24H24ClN3O3/c25-20-21(24(31)28(23(20)30)19-13-6-3-7-14-19)26-18-12-8-9-16(15-18)22(29)27-17-10-4-1-2-5-11-17/h3,6-9,12-15,17,26H,1-2,4-5,10-11H2,(H,27,29). The number of imide groups is 1. The van der Waals surface area contributed by atoms with Crippen molar-refractivity contribution in [1.82, 2.24) is 5.32 Å². The van der Waals surface area contributed by atoms with Crippen molar-refractivity contribution >= 4 is 40.7 Å². The van der Waals surface area contributed by atoms with Gasteiger partial charge in [-0.3, -0.25) is 14.4 Å². The number of hydrogen-bond acceptors (Lipinski definition) is 4. The maximum atomic E-state index is 12.9. The van der Waals surface area contributed by atoms with E-state index in [9.17, 15) is 14.4 Å². The molecule has 0 radical (unpaired) electrons. The maximum Gasteiger partial charge on any atom is 0.283 e. The van der Waals surface area contributed by atoms with Crippen molar-refractivity contribution in [2.45, 2.75) is 44.6 Å². The molecule has 0 unspecified atom stereocenters. The molecule has 6 nitrogen and oxygen atoms in total. The summed E-state index contributed by atoms with van der Waals surface area (Å²) in [6, 6.07) is 15.7. The van der Waals surface area contributed by atoms with E-state index in [0.717, 1.165) is 30.6 Å². The van der Waals surface area contributed by atoms with Gasteiger partial charge in [0.25, 0.3) is 17.7 Å². The molecule has 0 spiro atoms. The van der Waals surface area contributed by atoms with Crippen LogP contribution in [0.25, 0.3) is 0 Å². The third-order valence-corrected chi connectivity index (χ3v) is 5.98. The molecule has 2 aliphatic rings. The van der Waals surface area contributed by atoms with Crippen molar-refractivity contribution in [3.8, 4) is 0 Å². The lowest BCUT2D eigenvalue weighted by Crippen LogP contribution is -2.34. The van der Waals surface area contributed by atoms with E-state index >= 15 is 0 Å². The molecule has 0 bridgehead atoms. The van der Waals surface area contributed by atoms with Gasteiger partial charge >= 0.3 is 0 Å². The normalized spacial score (nSPS) is 17.6. The highest BCUT2D eigenvalue weighted by Crippen LogP contribution is 2.30. The van der Waals surface area contributed by atoms with Crippen LogP contribution < -0.4 is 15.5 Å². The van der Waals surface area contributed by atoms with Crippen LogP contribution in [-0.4, -0.2) is 23.8 Å². The van der Waals surface area contributed by atoms with Crippen molar-refractivity contribution in [2.24, 2.45) is 0 Å². The van der Waals surface area contributed by atoms with E-state index in [1.165, 1.54) is 12.8 Å². The zero-order valence-electron chi connectivity index (χ0n) is 17.1. The third kappa shape index (κ3) is 4.64. The molecule has 1 heterocycles. The van der Waals surface area contributed by atoms with Crippen molar-refractivity contribution < 1.29 is 14.4 Å². The SMILES string of the molecule is O=C(NC1CCCCCC1)c1cccc(NC2=C(Cl)C(=O)N(c3ccccc3)C2=O)c1. The van der Waals surface area contributed by atoms with Crippen molar-refractivity contribution in [2.75, 3.05) is 10.2 Å². The summed E-state index contributed by atoms with van der Waals surface area (Å²) in [5.74, 6) is -1.26. The molecule has 0 aromatic heterocycles. The number of carbonyl (C=O) groups excluding carboxylic acids is 3. The van der Waals surface area contributed by atoms with Crippen LogP contribution in [-0.2, 0) is 9.59 Å². The zero-order chi connectivity index (χ0) is 21.8. The number of nitrogens with zero attached hydrogens (tertiary/aromatic N) is 1. The highest BCUT2D eigenvalue weighted by Gasteiger charge is 2.38. The van der Waals surface area contributed by atoms with E-state index in [1.807, 2.05) is 0 Å². The quantitative estimate of drug-likeness (QED) is 0.530. The number of hydrogen-bond donors (Lipinski definition) is 2. The fourth-order valence-electron chi connectivity index (χ4n) is 4.00. The van der Waals surface area contributed by atoms with E-state index in [4.69, 9.17) is 11.6 Å². The Balaban J connectivity index is 1.49. The van der Waals surface area contributed by atoms with Crippen LogP contribution in [0, 0.1) is 0 Å². The van der Waals surface area contributed by atoms with Crippen molar-refractivity contribution in [1.29, 1.82) is 0 Å². The lowest BCUT2D eigenvalue weighted by Gasteiger charge is -2.17. The summed E-state index contributed by atoms with van der Waals surface area (Å²) in [6.45, 7) is 0. The second kappa shape index (κ2) is 9.35. The predicted octanol–water partition coefficient (Wildman–Crippen LogP) is 4.57. The number of amides is 3. The Morgan fingerprint density at radius 2 is 1.61 bits per heavy atom. The average molecular weight is 438 g/mol. The molecule has 3 amide bonds. The molecule has 0 saturated heterocycles. The second-order valence-corrected chi connectivity index (χ2v) is 8.22. The zero-order valence-corrected chi connectivity index (χ0v) is 17.8. The molecule has 1 fully saturated rings. The van der Waals surface area contributed by atoms with Gasteiger partial charge in [-0.25, -0.2) is 4.90 Å². The number of rotatable bonds is 5. The van der Waals surface area contributed by atoms with Crippen LogP contribution in [0.2, 0.25) is 0 Å². The van der Waals surface area contributed by atoms with Gasteiger partial charge in [0.2, 0.25) is 0 Å². The van der Waals surface area contributed by atoms with Gasteiger partial charge in [-0.2, -0.15) is 0 Å². The summed E-state index contributed by atoms with van der Waals surface area (Å²) in [4.78, 5) is 39.2. The molecule has 2 aromatic carbocycles. The summed E-state index contributed by atoms with van der Waals surface area (Å²) < 4.78 is 0. The Bertz CT molecular complexity index is 1030. The molecule has 2 aromatic rings. The molecule has 1 aliphatic heterocycles. The third-order valence-electron chi connectivity index (χ3n) is 5.63. The van der Waals surface area contributed by atoms with Gasteiger partial charge < -0.3 is 10.6 Å². The molecule has 4 rings (SSSR count).